The first-order chi connectivity index (χ1) is 13.0. The molecule has 1 unspecified atom stereocenters. The number of piperazine rings is 1. The van der Waals surface area contributed by atoms with Crippen molar-refractivity contribution in [2.24, 2.45) is 5.92 Å². The molecule has 1 aromatic carbocycles. The minimum atomic E-state index is -0.0367. The molecule has 1 aliphatic carbocycles. The molecule has 1 saturated heterocycles. The van der Waals surface area contributed by atoms with Crippen LogP contribution in [0, 0.1) is 5.92 Å². The van der Waals surface area contributed by atoms with E-state index in [0.29, 0.717) is 26.2 Å². The van der Waals surface area contributed by atoms with Crippen LogP contribution in [0.2, 0.25) is 0 Å². The lowest BCUT2D eigenvalue weighted by atomic mass is 10.1. The number of methoxy groups -OCH3 is 1. The highest BCUT2D eigenvalue weighted by molar-refractivity contribution is 5.92. The predicted octanol–water partition coefficient (Wildman–Crippen LogP) is 2.11. The van der Waals surface area contributed by atoms with Gasteiger partial charge in [0.1, 0.15) is 17.6 Å². The number of benzene rings is 1. The van der Waals surface area contributed by atoms with E-state index in [-0.39, 0.29) is 23.8 Å². The van der Waals surface area contributed by atoms with Crippen molar-refractivity contribution in [2.75, 3.05) is 33.3 Å². The monoisotopic (exact) mass is 370 g/mol. The molecule has 0 N–H and O–H groups in total. The fraction of sp³-hybridized carbons (Fsp3) is 0.524. The molecule has 144 valence electrons. The Labute approximate surface area is 159 Å². The van der Waals surface area contributed by atoms with E-state index in [9.17, 15) is 9.59 Å². The summed E-state index contributed by atoms with van der Waals surface area (Å²) in [5.41, 5.74) is 1.97. The van der Waals surface area contributed by atoms with Crippen molar-refractivity contribution in [3.8, 4) is 11.5 Å². The second-order valence-electron chi connectivity index (χ2n) is 7.59. The fourth-order valence-corrected chi connectivity index (χ4v) is 3.76. The Balaban J connectivity index is 1.39. The summed E-state index contributed by atoms with van der Waals surface area (Å²) >= 11 is 0. The quantitative estimate of drug-likeness (QED) is 0.762. The lowest BCUT2D eigenvalue weighted by molar-refractivity contribution is -0.138. The maximum absolute atomic E-state index is 12.5. The molecule has 27 heavy (non-hydrogen) atoms. The molecule has 1 saturated carbocycles. The Morgan fingerprint density at radius 3 is 2.52 bits per heavy atom. The normalized spacial score (nSPS) is 21.9. The lowest BCUT2D eigenvalue weighted by Crippen LogP contribution is -2.50. The highest BCUT2D eigenvalue weighted by Gasteiger charge is 2.35. The second-order valence-corrected chi connectivity index (χ2v) is 7.59. The van der Waals surface area contributed by atoms with E-state index in [1.165, 1.54) is 0 Å². The molecule has 1 aromatic rings. The Kier molecular flexibility index (Phi) is 4.81. The topological polar surface area (TPSA) is 59.1 Å². The molecule has 2 aliphatic heterocycles. The van der Waals surface area contributed by atoms with E-state index in [2.05, 4.69) is 0 Å². The van der Waals surface area contributed by atoms with Crippen LogP contribution in [0.4, 0.5) is 0 Å². The van der Waals surface area contributed by atoms with E-state index in [0.717, 1.165) is 41.9 Å². The van der Waals surface area contributed by atoms with E-state index >= 15 is 0 Å². The molecular formula is C21H26N2O4. The van der Waals surface area contributed by atoms with Gasteiger partial charge in [-0.2, -0.15) is 0 Å². The van der Waals surface area contributed by atoms with Gasteiger partial charge in [-0.3, -0.25) is 9.59 Å². The van der Waals surface area contributed by atoms with Gasteiger partial charge in [-0.1, -0.05) is 0 Å². The van der Waals surface area contributed by atoms with Gasteiger partial charge in [-0.15, -0.1) is 0 Å². The third-order valence-electron chi connectivity index (χ3n) is 5.48. The summed E-state index contributed by atoms with van der Waals surface area (Å²) in [4.78, 5) is 28.4. The largest absolute Gasteiger partial charge is 0.496 e. The fourth-order valence-electron chi connectivity index (χ4n) is 3.76. The van der Waals surface area contributed by atoms with Gasteiger partial charge in [-0.05, 0) is 38.0 Å². The van der Waals surface area contributed by atoms with Crippen LogP contribution in [0.1, 0.15) is 30.9 Å². The van der Waals surface area contributed by atoms with Crippen LogP contribution in [-0.2, 0) is 16.0 Å². The van der Waals surface area contributed by atoms with E-state index in [1.807, 2.05) is 24.0 Å². The van der Waals surface area contributed by atoms with Crippen LogP contribution < -0.4 is 9.47 Å². The first kappa shape index (κ1) is 17.9. The maximum atomic E-state index is 12.5. The molecule has 0 spiro atoms. The zero-order valence-electron chi connectivity index (χ0n) is 15.9. The molecule has 0 radical (unpaired) electrons. The SMILES string of the molecule is COc1cc2c(cc1C=CC(=O)N1CCN(C(=O)C3CC3)CC1)OC(C)C2. The molecule has 4 rings (SSSR count). The first-order valence-electron chi connectivity index (χ1n) is 9.68. The van der Waals surface area contributed by atoms with Gasteiger partial charge in [0.15, 0.2) is 0 Å². The average molecular weight is 370 g/mol. The van der Waals surface area contributed by atoms with E-state index < -0.39 is 0 Å². The molecule has 3 aliphatic rings. The standard InChI is InChI=1S/C21H26N2O4/c1-14-11-17-13-18(26-2)16(12-19(17)27-14)5-6-20(24)22-7-9-23(10-8-22)21(25)15-3-4-15/h5-6,12-15H,3-4,7-11H2,1-2H3. The molecule has 2 heterocycles. The van der Waals surface area contributed by atoms with Gasteiger partial charge < -0.3 is 19.3 Å². The van der Waals surface area contributed by atoms with Gasteiger partial charge in [0.2, 0.25) is 11.8 Å². The van der Waals surface area contributed by atoms with E-state index in [4.69, 9.17) is 9.47 Å². The highest BCUT2D eigenvalue weighted by Crippen LogP contribution is 2.35. The maximum Gasteiger partial charge on any atom is 0.246 e. The minimum absolute atomic E-state index is 0.0367. The number of carbonyl (C=O) groups is 2. The smallest absolute Gasteiger partial charge is 0.246 e. The van der Waals surface area contributed by atoms with Crippen LogP contribution in [-0.4, -0.2) is 61.0 Å². The van der Waals surface area contributed by atoms with E-state index in [1.54, 1.807) is 24.2 Å². The Bertz CT molecular complexity index is 777. The highest BCUT2D eigenvalue weighted by atomic mass is 16.5. The van der Waals surface area contributed by atoms with Crippen molar-refractivity contribution < 1.29 is 19.1 Å². The van der Waals surface area contributed by atoms with Crippen molar-refractivity contribution >= 4 is 17.9 Å². The zero-order valence-corrected chi connectivity index (χ0v) is 15.9. The molecule has 2 fully saturated rings. The number of ether oxygens (including phenoxy) is 2. The van der Waals surface area contributed by atoms with Crippen molar-refractivity contribution in [1.29, 1.82) is 0 Å². The second kappa shape index (κ2) is 7.25. The molecule has 0 bridgehead atoms. The average Bonchev–Trinajstić information content (AvgIpc) is 3.46. The van der Waals surface area contributed by atoms with Gasteiger partial charge >= 0.3 is 0 Å². The van der Waals surface area contributed by atoms with Gasteiger partial charge in [-0.25, -0.2) is 0 Å². The van der Waals surface area contributed by atoms with Crippen molar-refractivity contribution in [3.05, 3.63) is 29.3 Å². The summed E-state index contributed by atoms with van der Waals surface area (Å²) in [6.07, 6.45) is 6.45. The lowest BCUT2D eigenvalue weighted by Gasteiger charge is -2.34. The number of carbonyl (C=O) groups excluding carboxylic acids is 2. The number of nitrogens with zero attached hydrogens (tertiary/aromatic N) is 2. The van der Waals surface area contributed by atoms with Crippen molar-refractivity contribution in [1.82, 2.24) is 9.80 Å². The summed E-state index contributed by atoms with van der Waals surface area (Å²) in [7, 11) is 1.64. The number of hydrogen-bond acceptors (Lipinski definition) is 4. The third-order valence-corrected chi connectivity index (χ3v) is 5.48. The number of hydrogen-bond donors (Lipinski definition) is 0. The number of amides is 2. The molecule has 1 atom stereocenters. The summed E-state index contributed by atoms with van der Waals surface area (Å²) in [6.45, 7) is 4.47. The van der Waals surface area contributed by atoms with Crippen LogP contribution in [0.3, 0.4) is 0 Å². The molecular weight excluding hydrogens is 344 g/mol. The Morgan fingerprint density at radius 1 is 1.15 bits per heavy atom. The Hall–Kier alpha value is -2.50. The molecule has 0 aromatic heterocycles. The number of fused-ring (bicyclic) bond motifs is 1. The summed E-state index contributed by atoms with van der Waals surface area (Å²) in [6, 6.07) is 3.93. The third kappa shape index (κ3) is 3.80. The van der Waals surface area contributed by atoms with Crippen LogP contribution >= 0.6 is 0 Å². The van der Waals surface area contributed by atoms with Crippen LogP contribution in [0.25, 0.3) is 6.08 Å². The van der Waals surface area contributed by atoms with Gasteiger partial charge in [0, 0.05) is 55.7 Å². The van der Waals surface area contributed by atoms with Crippen molar-refractivity contribution in [3.63, 3.8) is 0 Å². The van der Waals surface area contributed by atoms with Gasteiger partial charge in [0.05, 0.1) is 7.11 Å². The van der Waals surface area contributed by atoms with Crippen molar-refractivity contribution in [2.45, 2.75) is 32.3 Å². The minimum Gasteiger partial charge on any atom is -0.496 e. The summed E-state index contributed by atoms with van der Waals surface area (Å²) in [5.74, 6) is 2.07. The Morgan fingerprint density at radius 2 is 1.85 bits per heavy atom. The van der Waals surface area contributed by atoms with Gasteiger partial charge in [0.25, 0.3) is 0 Å². The first-order valence-corrected chi connectivity index (χ1v) is 9.68. The molecule has 6 heteroatoms. The zero-order chi connectivity index (χ0) is 19.0. The summed E-state index contributed by atoms with van der Waals surface area (Å²) in [5, 5.41) is 0. The predicted molar refractivity (Wildman–Crippen MR) is 102 cm³/mol. The van der Waals surface area contributed by atoms with Crippen LogP contribution in [0.15, 0.2) is 18.2 Å². The summed E-state index contributed by atoms with van der Waals surface area (Å²) < 4.78 is 11.3. The number of rotatable bonds is 4. The molecule has 6 nitrogen and oxygen atoms in total. The van der Waals surface area contributed by atoms with Crippen LogP contribution in [0.5, 0.6) is 11.5 Å². The molecule has 2 amide bonds.